The summed E-state index contributed by atoms with van der Waals surface area (Å²) in [6.07, 6.45) is 5.50. The lowest BCUT2D eigenvalue weighted by atomic mass is 9.57. The van der Waals surface area contributed by atoms with E-state index in [9.17, 15) is 9.59 Å². The molecule has 2 aromatic carbocycles. The van der Waals surface area contributed by atoms with E-state index >= 15 is 0 Å². The van der Waals surface area contributed by atoms with Gasteiger partial charge in [-0.25, -0.2) is 19.4 Å². The molecule has 10 heteroatoms. The third-order valence-corrected chi connectivity index (χ3v) is 9.98. The fourth-order valence-corrected chi connectivity index (χ4v) is 7.37. The Kier molecular flexibility index (Phi) is 8.45. The van der Waals surface area contributed by atoms with Gasteiger partial charge >= 0.3 is 11.9 Å². The number of hydrogen-bond donors (Lipinski definition) is 0. The van der Waals surface area contributed by atoms with Crippen molar-refractivity contribution in [3.8, 4) is 0 Å². The minimum Gasteiger partial charge on any atom is -0.459 e. The van der Waals surface area contributed by atoms with Gasteiger partial charge in [0.2, 0.25) is 12.1 Å². The molecule has 2 bridgehead atoms. The Balaban J connectivity index is 1.23. The normalized spacial score (nSPS) is 36.7. The van der Waals surface area contributed by atoms with Crippen LogP contribution in [-0.2, 0) is 38.3 Å². The second-order valence-corrected chi connectivity index (χ2v) is 12.8. The van der Waals surface area contributed by atoms with Crippen molar-refractivity contribution in [1.29, 1.82) is 0 Å². The van der Waals surface area contributed by atoms with E-state index in [4.69, 9.17) is 51.9 Å². The van der Waals surface area contributed by atoms with E-state index in [1.165, 1.54) is 12.2 Å². The number of ether oxygens (including phenoxy) is 4. The molecule has 4 aliphatic heterocycles. The predicted octanol–water partition coefficient (Wildman–Crippen LogP) is 6.99. The first-order valence-electron chi connectivity index (χ1n) is 14.6. The molecule has 1 spiro atoms. The van der Waals surface area contributed by atoms with Crippen molar-refractivity contribution in [2.75, 3.05) is 0 Å². The Bertz CT molecular complexity index is 1440. The molecule has 4 heterocycles. The van der Waals surface area contributed by atoms with Crippen LogP contribution in [0.3, 0.4) is 0 Å². The van der Waals surface area contributed by atoms with Gasteiger partial charge in [0, 0.05) is 46.4 Å². The molecule has 1 saturated carbocycles. The molecule has 4 saturated heterocycles. The minimum atomic E-state index is -1.03. The summed E-state index contributed by atoms with van der Waals surface area (Å²) in [5.41, 5.74) is 0.460. The van der Waals surface area contributed by atoms with Gasteiger partial charge in [-0.2, -0.15) is 0 Å². The molecule has 0 unspecified atom stereocenters. The average molecular weight is 630 g/mol. The number of halogens is 2. The zero-order valence-electron chi connectivity index (χ0n) is 24.1. The van der Waals surface area contributed by atoms with Crippen molar-refractivity contribution in [3.05, 3.63) is 81.9 Å². The highest BCUT2D eigenvalue weighted by Gasteiger charge is 2.71. The quantitative estimate of drug-likeness (QED) is 0.192. The lowest BCUT2D eigenvalue weighted by molar-refractivity contribution is -0.577. The summed E-state index contributed by atoms with van der Waals surface area (Å²) in [6, 6.07) is 14.5. The summed E-state index contributed by atoms with van der Waals surface area (Å²) < 4.78 is 24.6. The van der Waals surface area contributed by atoms with Crippen LogP contribution in [0.15, 0.2) is 60.7 Å². The molecule has 2 aromatic rings. The zero-order valence-corrected chi connectivity index (χ0v) is 25.6. The molecule has 5 fully saturated rings. The Morgan fingerprint density at radius 1 is 0.860 bits per heavy atom. The van der Waals surface area contributed by atoms with Gasteiger partial charge < -0.3 is 18.9 Å². The van der Waals surface area contributed by atoms with Crippen LogP contribution >= 0.6 is 23.2 Å². The van der Waals surface area contributed by atoms with E-state index in [-0.39, 0.29) is 23.7 Å². The monoisotopic (exact) mass is 628 g/mol. The van der Waals surface area contributed by atoms with Gasteiger partial charge in [-0.1, -0.05) is 73.4 Å². The number of rotatable bonds is 6. The van der Waals surface area contributed by atoms with Crippen LogP contribution in [0, 0.1) is 23.7 Å². The van der Waals surface area contributed by atoms with Crippen LogP contribution in [0.5, 0.6) is 0 Å². The summed E-state index contributed by atoms with van der Waals surface area (Å²) >= 11 is 12.5. The summed E-state index contributed by atoms with van der Waals surface area (Å²) in [7, 11) is 0. The molecular formula is C33H34Cl2O8. The lowest BCUT2D eigenvalue weighted by Crippen LogP contribution is -2.72. The number of fused-ring (bicyclic) bond motifs is 2. The van der Waals surface area contributed by atoms with E-state index in [1.54, 1.807) is 30.4 Å². The van der Waals surface area contributed by atoms with Crippen LogP contribution in [0.2, 0.25) is 10.0 Å². The summed E-state index contributed by atoms with van der Waals surface area (Å²) in [4.78, 5) is 38.0. The molecule has 43 heavy (non-hydrogen) atoms. The number of hydrogen-bond acceptors (Lipinski definition) is 8. The smallest absolute Gasteiger partial charge is 0.333 e. The molecule has 7 rings (SSSR count). The number of carbonyl (C=O) groups excluding carboxylic acids is 2. The number of carbonyl (C=O) groups is 2. The van der Waals surface area contributed by atoms with Crippen molar-refractivity contribution in [2.24, 2.45) is 23.7 Å². The minimum absolute atomic E-state index is 0.0856. The predicted molar refractivity (Wildman–Crippen MR) is 159 cm³/mol. The first kappa shape index (κ1) is 30.3. The Morgan fingerprint density at radius 2 is 1.47 bits per heavy atom. The van der Waals surface area contributed by atoms with Gasteiger partial charge in [-0.05, 0) is 61.1 Å². The van der Waals surface area contributed by atoms with Crippen molar-refractivity contribution in [1.82, 2.24) is 0 Å². The Morgan fingerprint density at radius 3 is 2.09 bits per heavy atom. The molecule has 0 radical (unpaired) electrons. The van der Waals surface area contributed by atoms with Crippen molar-refractivity contribution in [2.45, 2.75) is 70.1 Å². The highest BCUT2D eigenvalue weighted by atomic mass is 35.5. The second-order valence-electron chi connectivity index (χ2n) is 11.9. The standard InChI is InChI=1S/C33H34Cl2O8/c1-19-23-16-17-32(3)41-31-33(23,43-42-32)24(18-27(19)38-28(36)14-12-21-8-4-6-10-25(21)34)20(2)30(40-31)39-29(37)15-13-22-9-5-7-11-26(22)35/h4-15,19-20,23-24,27,30-31H,16-18H2,1-3H3/b14-12+,15-13+/t19-,20+,23-,24-,27+,30+,31+,32+,33+/m0/s1. The summed E-state index contributed by atoms with van der Waals surface area (Å²) in [5, 5.41) is 1.07. The molecule has 0 aromatic heterocycles. The largest absolute Gasteiger partial charge is 0.459 e. The number of benzene rings is 2. The molecule has 1 aliphatic carbocycles. The molecule has 5 aliphatic rings. The van der Waals surface area contributed by atoms with E-state index in [1.807, 2.05) is 44.2 Å². The first-order chi connectivity index (χ1) is 20.6. The van der Waals surface area contributed by atoms with E-state index in [0.717, 1.165) is 12.0 Å². The van der Waals surface area contributed by atoms with Gasteiger partial charge in [0.25, 0.3) is 0 Å². The van der Waals surface area contributed by atoms with Gasteiger partial charge in [-0.3, -0.25) is 0 Å². The van der Waals surface area contributed by atoms with Gasteiger partial charge in [0.15, 0.2) is 11.9 Å². The Hall–Kier alpha value is -2.72. The molecule has 9 atom stereocenters. The van der Waals surface area contributed by atoms with Crippen LogP contribution in [0.1, 0.15) is 51.2 Å². The number of esters is 2. The third-order valence-electron chi connectivity index (χ3n) is 9.29. The molecule has 0 amide bonds. The van der Waals surface area contributed by atoms with E-state index in [0.29, 0.717) is 28.5 Å². The van der Waals surface area contributed by atoms with Crippen LogP contribution in [-0.4, -0.2) is 42.0 Å². The fourth-order valence-electron chi connectivity index (χ4n) is 6.98. The highest BCUT2D eigenvalue weighted by molar-refractivity contribution is 6.32. The lowest BCUT2D eigenvalue weighted by Gasteiger charge is -2.60. The van der Waals surface area contributed by atoms with E-state index < -0.39 is 42.0 Å². The highest BCUT2D eigenvalue weighted by Crippen LogP contribution is 2.61. The van der Waals surface area contributed by atoms with Gasteiger partial charge in [0.1, 0.15) is 6.10 Å². The topological polar surface area (TPSA) is 89.5 Å². The maximum absolute atomic E-state index is 13.0. The maximum atomic E-state index is 13.0. The average Bonchev–Trinajstić information content (AvgIpc) is 3.21. The fraction of sp³-hybridized carbons (Fsp3) is 0.455. The second kappa shape index (κ2) is 12.0. The van der Waals surface area contributed by atoms with Crippen LogP contribution in [0.25, 0.3) is 12.2 Å². The zero-order chi connectivity index (χ0) is 30.4. The van der Waals surface area contributed by atoms with Crippen molar-refractivity contribution < 1.29 is 38.3 Å². The van der Waals surface area contributed by atoms with Gasteiger partial charge in [0.05, 0.1) is 0 Å². The SMILES string of the molecule is C[C@@H]1[C@H](OC(=O)/C=C/c2ccccc2Cl)C[C@H]2[C@@H](C)[C@H](OC(=O)/C=C/c3ccccc3Cl)O[C@@H]3O[C@@]4(C)CC[C@@H]1[C@]32OO4. The third kappa shape index (κ3) is 5.77. The summed E-state index contributed by atoms with van der Waals surface area (Å²) in [5.74, 6) is -2.87. The van der Waals surface area contributed by atoms with Crippen LogP contribution in [0.4, 0.5) is 0 Å². The van der Waals surface area contributed by atoms with Crippen molar-refractivity contribution in [3.63, 3.8) is 0 Å². The molecule has 0 N–H and O–H groups in total. The molecule has 8 nitrogen and oxygen atoms in total. The van der Waals surface area contributed by atoms with Crippen LogP contribution < -0.4 is 0 Å². The van der Waals surface area contributed by atoms with Crippen molar-refractivity contribution >= 4 is 47.3 Å². The maximum Gasteiger partial charge on any atom is 0.333 e. The van der Waals surface area contributed by atoms with Gasteiger partial charge in [-0.15, -0.1) is 0 Å². The Labute approximate surface area is 260 Å². The summed E-state index contributed by atoms with van der Waals surface area (Å²) in [6.45, 7) is 5.81. The molecular weight excluding hydrogens is 595 g/mol. The first-order valence-corrected chi connectivity index (χ1v) is 15.3. The van der Waals surface area contributed by atoms with E-state index in [2.05, 4.69) is 6.92 Å². The molecule has 228 valence electrons.